The van der Waals surface area contributed by atoms with Gasteiger partial charge in [0.2, 0.25) is 21.8 Å². The predicted molar refractivity (Wildman–Crippen MR) is 80.5 cm³/mol. The van der Waals surface area contributed by atoms with Gasteiger partial charge in [0.15, 0.2) is 0 Å². The lowest BCUT2D eigenvalue weighted by Crippen LogP contribution is -2.41. The van der Waals surface area contributed by atoms with Crippen LogP contribution in [0.1, 0.15) is 50.5 Å². The predicted octanol–water partition coefficient (Wildman–Crippen LogP) is 1.75. The molecule has 1 aromatic heterocycles. The monoisotopic (exact) mass is 327 g/mol. The summed E-state index contributed by atoms with van der Waals surface area (Å²) in [5.41, 5.74) is 2.42. The van der Waals surface area contributed by atoms with Crippen LogP contribution in [0.15, 0.2) is 9.99 Å². The summed E-state index contributed by atoms with van der Waals surface area (Å²) < 4.78 is 36.0. The molecular formula is C14H21N3O4S. The Morgan fingerprint density at radius 2 is 2.00 bits per heavy atom. The highest BCUT2D eigenvalue weighted by atomic mass is 32.2. The molecule has 0 radical (unpaired) electrons. The smallest absolute Gasteiger partial charge is 0.246 e. The molecule has 2 heterocycles. The van der Waals surface area contributed by atoms with E-state index in [1.54, 1.807) is 0 Å². The van der Waals surface area contributed by atoms with Gasteiger partial charge in [0.05, 0.1) is 12.9 Å². The highest BCUT2D eigenvalue weighted by molar-refractivity contribution is 7.88. The van der Waals surface area contributed by atoms with Crippen molar-refractivity contribution in [2.24, 2.45) is 0 Å². The largest absolute Gasteiger partial charge is 0.418 e. The maximum Gasteiger partial charge on any atom is 0.246 e. The lowest BCUT2D eigenvalue weighted by Gasteiger charge is -2.29. The van der Waals surface area contributed by atoms with E-state index in [1.807, 2.05) is 6.92 Å². The third-order valence-electron chi connectivity index (χ3n) is 4.27. The molecule has 0 spiro atoms. The van der Waals surface area contributed by atoms with Crippen LogP contribution in [-0.2, 0) is 14.8 Å². The highest BCUT2D eigenvalue weighted by Crippen LogP contribution is 2.32. The molecule has 1 aliphatic heterocycles. The number of aromatic nitrogens is 2. The minimum atomic E-state index is -3.24. The summed E-state index contributed by atoms with van der Waals surface area (Å²) in [6.45, 7) is 2.91. The maximum absolute atomic E-state index is 11.6. The minimum Gasteiger partial charge on any atom is -0.418 e. The van der Waals surface area contributed by atoms with Crippen molar-refractivity contribution < 1.29 is 17.6 Å². The molecule has 0 bridgehead atoms. The van der Waals surface area contributed by atoms with Crippen molar-refractivity contribution in [1.29, 1.82) is 0 Å². The van der Waals surface area contributed by atoms with Gasteiger partial charge in [0.25, 0.3) is 0 Å². The van der Waals surface area contributed by atoms with Crippen LogP contribution in [0.4, 0.5) is 0 Å². The number of ether oxygens (including phenoxy) is 1. The lowest BCUT2D eigenvalue weighted by molar-refractivity contribution is -0.0173. The van der Waals surface area contributed by atoms with E-state index in [4.69, 9.17) is 9.15 Å². The van der Waals surface area contributed by atoms with E-state index in [-0.39, 0.29) is 6.54 Å². The van der Waals surface area contributed by atoms with Crippen molar-refractivity contribution in [1.82, 2.24) is 14.5 Å². The van der Waals surface area contributed by atoms with Gasteiger partial charge < -0.3 is 9.15 Å². The van der Waals surface area contributed by atoms with Crippen molar-refractivity contribution in [3.05, 3.63) is 17.4 Å². The van der Waals surface area contributed by atoms with Crippen LogP contribution < -0.4 is 0 Å². The van der Waals surface area contributed by atoms with Gasteiger partial charge in [-0.3, -0.25) is 0 Å². The van der Waals surface area contributed by atoms with Crippen molar-refractivity contribution in [2.45, 2.75) is 38.7 Å². The van der Waals surface area contributed by atoms with Gasteiger partial charge in [0, 0.05) is 18.7 Å². The van der Waals surface area contributed by atoms with E-state index in [2.05, 4.69) is 10.2 Å². The normalized spacial score (nSPS) is 23.9. The van der Waals surface area contributed by atoms with Crippen LogP contribution in [0.5, 0.6) is 0 Å². The summed E-state index contributed by atoms with van der Waals surface area (Å²) in [7, 11) is -3.24. The summed E-state index contributed by atoms with van der Waals surface area (Å²) >= 11 is 0. The van der Waals surface area contributed by atoms with E-state index >= 15 is 0 Å². The molecule has 22 heavy (non-hydrogen) atoms. The van der Waals surface area contributed by atoms with E-state index in [9.17, 15) is 8.42 Å². The average molecular weight is 327 g/mol. The molecule has 0 unspecified atom stereocenters. The fourth-order valence-corrected chi connectivity index (χ4v) is 3.73. The number of sulfonamides is 1. The second-order valence-electron chi connectivity index (χ2n) is 5.86. The Hall–Kier alpha value is -1.25. The zero-order valence-electron chi connectivity index (χ0n) is 12.9. The molecule has 122 valence electrons. The van der Waals surface area contributed by atoms with Crippen molar-refractivity contribution >= 4 is 15.6 Å². The average Bonchev–Trinajstić information content (AvgIpc) is 3.17. The standard InChI is InChI=1S/C14H21N3O4S/c1-10(11-5-3-4-6-11)13-15-16-14(21-13)12-9-17(7-8-20-12)22(2,18)19/h12H,3-9H2,1-2H3/t12-/m0/s1. The van der Waals surface area contributed by atoms with E-state index < -0.39 is 16.1 Å². The number of allylic oxidation sites excluding steroid dienone is 2. The van der Waals surface area contributed by atoms with Crippen LogP contribution >= 0.6 is 0 Å². The number of morpholine rings is 1. The Labute approximate surface area is 130 Å². The molecule has 0 amide bonds. The Morgan fingerprint density at radius 3 is 2.68 bits per heavy atom. The Bertz CT molecular complexity index is 672. The van der Waals surface area contributed by atoms with Gasteiger partial charge >= 0.3 is 0 Å². The van der Waals surface area contributed by atoms with Crippen molar-refractivity contribution in [3.63, 3.8) is 0 Å². The second kappa shape index (κ2) is 6.10. The van der Waals surface area contributed by atoms with Crippen molar-refractivity contribution in [2.75, 3.05) is 26.0 Å². The van der Waals surface area contributed by atoms with Crippen LogP contribution in [0, 0.1) is 0 Å². The molecule has 1 aromatic rings. The fraction of sp³-hybridized carbons (Fsp3) is 0.714. The van der Waals surface area contributed by atoms with Crippen LogP contribution in [0.2, 0.25) is 0 Å². The van der Waals surface area contributed by atoms with E-state index in [0.717, 1.165) is 18.4 Å². The molecule has 0 aromatic carbocycles. The second-order valence-corrected chi connectivity index (χ2v) is 7.84. The zero-order chi connectivity index (χ0) is 15.7. The zero-order valence-corrected chi connectivity index (χ0v) is 13.7. The number of hydrogen-bond donors (Lipinski definition) is 0. The van der Waals surface area contributed by atoms with Gasteiger partial charge in [-0.05, 0) is 32.6 Å². The molecular weight excluding hydrogens is 306 g/mol. The summed E-state index contributed by atoms with van der Waals surface area (Å²) in [6.07, 6.45) is 5.30. The van der Waals surface area contributed by atoms with Crippen LogP contribution in [-0.4, -0.2) is 48.9 Å². The first kappa shape index (κ1) is 15.6. The Balaban J connectivity index is 1.77. The molecule has 7 nitrogen and oxygen atoms in total. The number of nitrogens with zero attached hydrogens (tertiary/aromatic N) is 3. The molecule has 1 saturated carbocycles. The molecule has 1 atom stereocenters. The Kier molecular flexibility index (Phi) is 4.33. The van der Waals surface area contributed by atoms with Gasteiger partial charge in [-0.15, -0.1) is 10.2 Å². The Morgan fingerprint density at radius 1 is 1.27 bits per heavy atom. The lowest BCUT2D eigenvalue weighted by atomic mass is 10.1. The minimum absolute atomic E-state index is 0.218. The molecule has 3 rings (SSSR count). The summed E-state index contributed by atoms with van der Waals surface area (Å²) in [4.78, 5) is 0. The first-order valence-electron chi connectivity index (χ1n) is 7.54. The first-order chi connectivity index (χ1) is 10.4. The quantitative estimate of drug-likeness (QED) is 0.841. The summed E-state index contributed by atoms with van der Waals surface area (Å²) in [5, 5.41) is 8.15. The molecule has 2 aliphatic rings. The summed E-state index contributed by atoms with van der Waals surface area (Å²) in [6, 6.07) is 0. The van der Waals surface area contributed by atoms with Gasteiger partial charge in [0.1, 0.15) is 6.10 Å². The number of rotatable bonds is 3. The van der Waals surface area contributed by atoms with Gasteiger partial charge in [-0.1, -0.05) is 5.57 Å². The third-order valence-corrected chi connectivity index (χ3v) is 5.54. The number of hydrogen-bond acceptors (Lipinski definition) is 6. The van der Waals surface area contributed by atoms with E-state index in [0.29, 0.717) is 24.9 Å². The van der Waals surface area contributed by atoms with E-state index in [1.165, 1.54) is 29.0 Å². The molecule has 1 aliphatic carbocycles. The molecule has 0 N–H and O–H groups in total. The fourth-order valence-electron chi connectivity index (χ4n) is 2.92. The van der Waals surface area contributed by atoms with Crippen LogP contribution in [0.3, 0.4) is 0 Å². The highest BCUT2D eigenvalue weighted by Gasteiger charge is 2.31. The summed E-state index contributed by atoms with van der Waals surface area (Å²) in [5.74, 6) is 0.869. The first-order valence-corrected chi connectivity index (χ1v) is 9.39. The third kappa shape index (κ3) is 3.23. The maximum atomic E-state index is 11.6. The van der Waals surface area contributed by atoms with Gasteiger partial charge in [-0.25, -0.2) is 8.42 Å². The SMILES string of the molecule is CC(=C1CCCC1)c1nnc([C@@H]2CN(S(C)(=O)=O)CCO2)o1. The topological polar surface area (TPSA) is 85.5 Å². The van der Waals surface area contributed by atoms with Crippen LogP contribution in [0.25, 0.3) is 5.57 Å². The molecule has 1 saturated heterocycles. The molecule has 8 heteroatoms. The molecule has 2 fully saturated rings. The van der Waals surface area contributed by atoms with Crippen molar-refractivity contribution in [3.8, 4) is 0 Å². The van der Waals surface area contributed by atoms with Gasteiger partial charge in [-0.2, -0.15) is 4.31 Å².